The highest BCUT2D eigenvalue weighted by Gasteiger charge is 2.25. The minimum absolute atomic E-state index is 0.0803. The van der Waals surface area contributed by atoms with Crippen LogP contribution in [0.3, 0.4) is 0 Å². The summed E-state index contributed by atoms with van der Waals surface area (Å²) in [7, 11) is 0. The largest absolute Gasteiger partial charge is 0.334 e. The van der Waals surface area contributed by atoms with Gasteiger partial charge in [0.15, 0.2) is 10.9 Å². The molecule has 5 aromatic rings. The zero-order valence-electron chi connectivity index (χ0n) is 15.5. The zero-order chi connectivity index (χ0) is 19.6. The predicted molar refractivity (Wildman–Crippen MR) is 114 cm³/mol. The van der Waals surface area contributed by atoms with Crippen molar-refractivity contribution < 1.29 is 0 Å². The molecule has 0 saturated carbocycles. The molecule has 0 fully saturated rings. The first-order chi connectivity index (χ1) is 13.5. The van der Waals surface area contributed by atoms with Crippen molar-refractivity contribution in [1.82, 2.24) is 4.57 Å². The summed E-state index contributed by atoms with van der Waals surface area (Å²) in [6.45, 7) is 3.93. The minimum atomic E-state index is -0.287. The van der Waals surface area contributed by atoms with E-state index in [9.17, 15) is 14.4 Å². The molecular weight excluding hydrogens is 350 g/mol. The number of aromatic nitrogens is 1. The van der Waals surface area contributed by atoms with E-state index in [4.69, 9.17) is 0 Å². The van der Waals surface area contributed by atoms with Crippen molar-refractivity contribution >= 4 is 32.6 Å². The van der Waals surface area contributed by atoms with E-state index in [0.29, 0.717) is 32.9 Å². The lowest BCUT2D eigenvalue weighted by Gasteiger charge is -2.12. The van der Waals surface area contributed by atoms with Gasteiger partial charge in [-0.1, -0.05) is 54.6 Å². The molecule has 28 heavy (non-hydrogen) atoms. The summed E-state index contributed by atoms with van der Waals surface area (Å²) in [5.41, 5.74) is 1.41. The molecule has 0 amide bonds. The van der Waals surface area contributed by atoms with Crippen LogP contribution in [0.2, 0.25) is 0 Å². The molecule has 0 N–H and O–H groups in total. The topological polar surface area (TPSA) is 56.1 Å². The minimum Gasteiger partial charge on any atom is -0.334 e. The summed E-state index contributed by atoms with van der Waals surface area (Å²) in [5.74, 6) is 0. The lowest BCUT2D eigenvalue weighted by Crippen LogP contribution is -2.17. The van der Waals surface area contributed by atoms with Gasteiger partial charge >= 0.3 is 0 Å². The van der Waals surface area contributed by atoms with E-state index in [0.717, 1.165) is 5.39 Å². The predicted octanol–water partition coefficient (Wildman–Crippen LogP) is 4.15. The Bertz CT molecular complexity index is 1530. The first-order valence-electron chi connectivity index (χ1n) is 9.29. The molecule has 0 aliphatic rings. The molecule has 1 heterocycles. The van der Waals surface area contributed by atoms with Crippen LogP contribution in [0.4, 0.5) is 0 Å². The van der Waals surface area contributed by atoms with Crippen LogP contribution in [-0.4, -0.2) is 4.57 Å². The monoisotopic (exact) mass is 367 g/mol. The van der Waals surface area contributed by atoms with E-state index < -0.39 is 0 Å². The molecule has 0 unspecified atom stereocenters. The second-order valence-electron chi connectivity index (χ2n) is 7.40. The number of hydrogen-bond acceptors (Lipinski definition) is 3. The van der Waals surface area contributed by atoms with Crippen LogP contribution in [0, 0.1) is 0 Å². The molecule has 4 heteroatoms. The fourth-order valence-electron chi connectivity index (χ4n) is 4.31. The number of fused-ring (bicyclic) bond motifs is 5. The average molecular weight is 367 g/mol. The van der Waals surface area contributed by atoms with Crippen LogP contribution in [-0.2, 0) is 0 Å². The number of benzene rings is 3. The molecule has 0 bridgehead atoms. The fraction of sp³-hybridized carbons (Fsp3) is 0.125. The SMILES string of the molecule is CC(C)n1c2c(=O)c(-c3ccccc3)cc(=O)c2c2c(=O)c3ccccc3c21. The first-order valence-corrected chi connectivity index (χ1v) is 9.29. The molecule has 136 valence electrons. The molecule has 0 atom stereocenters. The summed E-state index contributed by atoms with van der Waals surface area (Å²) in [5, 5.41) is 1.98. The van der Waals surface area contributed by atoms with Crippen LogP contribution in [0.15, 0.2) is 75.0 Å². The van der Waals surface area contributed by atoms with Crippen LogP contribution in [0.5, 0.6) is 0 Å². The molecule has 0 radical (unpaired) electrons. The van der Waals surface area contributed by atoms with Crippen LogP contribution >= 0.6 is 0 Å². The van der Waals surface area contributed by atoms with E-state index in [1.165, 1.54) is 6.07 Å². The van der Waals surface area contributed by atoms with Gasteiger partial charge in [-0.25, -0.2) is 0 Å². The van der Waals surface area contributed by atoms with Gasteiger partial charge in [0.25, 0.3) is 0 Å². The number of nitrogens with zero attached hydrogens (tertiary/aromatic N) is 1. The second kappa shape index (κ2) is 5.73. The van der Waals surface area contributed by atoms with Gasteiger partial charge in [0, 0.05) is 22.4 Å². The Balaban J connectivity index is 2.10. The van der Waals surface area contributed by atoms with Crippen molar-refractivity contribution in [3.8, 4) is 11.1 Å². The van der Waals surface area contributed by atoms with Crippen molar-refractivity contribution in [2.45, 2.75) is 19.9 Å². The summed E-state index contributed by atoms with van der Waals surface area (Å²) >= 11 is 0. The van der Waals surface area contributed by atoms with Crippen molar-refractivity contribution in [2.75, 3.05) is 0 Å². The molecule has 4 aromatic carbocycles. The van der Waals surface area contributed by atoms with Crippen LogP contribution in [0.25, 0.3) is 43.7 Å². The van der Waals surface area contributed by atoms with Crippen LogP contribution < -0.4 is 16.3 Å². The molecule has 5 rings (SSSR count). The molecule has 0 aliphatic heterocycles. The zero-order valence-corrected chi connectivity index (χ0v) is 15.5. The maximum absolute atomic E-state index is 13.5. The second-order valence-corrected chi connectivity index (χ2v) is 7.40. The van der Waals surface area contributed by atoms with Crippen molar-refractivity contribution in [3.05, 3.63) is 91.3 Å². The Hall–Kier alpha value is -3.53. The highest BCUT2D eigenvalue weighted by molar-refractivity contribution is 6.21. The maximum Gasteiger partial charge on any atom is 0.210 e. The third-order valence-corrected chi connectivity index (χ3v) is 5.44. The van der Waals surface area contributed by atoms with Gasteiger partial charge in [-0.2, -0.15) is 0 Å². The lowest BCUT2D eigenvalue weighted by molar-refractivity contribution is 0.642. The highest BCUT2D eigenvalue weighted by Crippen LogP contribution is 2.33. The van der Waals surface area contributed by atoms with Gasteiger partial charge in [-0.05, 0) is 25.5 Å². The smallest absolute Gasteiger partial charge is 0.210 e. The highest BCUT2D eigenvalue weighted by atomic mass is 16.1. The molecule has 0 aliphatic carbocycles. The third-order valence-electron chi connectivity index (χ3n) is 5.44. The van der Waals surface area contributed by atoms with E-state index >= 15 is 0 Å². The molecule has 0 saturated heterocycles. The molecule has 1 aromatic heterocycles. The Morgan fingerprint density at radius 2 is 1.36 bits per heavy atom. The quantitative estimate of drug-likeness (QED) is 0.471. The maximum atomic E-state index is 13.5. The molecule has 0 spiro atoms. The molecular formula is C24H17NO3. The number of hydrogen-bond donors (Lipinski definition) is 0. The Kier molecular flexibility index (Phi) is 3.40. The number of rotatable bonds is 2. The van der Waals surface area contributed by atoms with E-state index in [2.05, 4.69) is 0 Å². The summed E-state index contributed by atoms with van der Waals surface area (Å²) < 4.78 is 1.87. The van der Waals surface area contributed by atoms with E-state index in [1.807, 2.05) is 66.9 Å². The fourth-order valence-corrected chi connectivity index (χ4v) is 4.31. The van der Waals surface area contributed by atoms with Crippen LogP contribution in [0.1, 0.15) is 19.9 Å². The normalized spacial score (nSPS) is 12.0. The molecule has 4 nitrogen and oxygen atoms in total. The standard InChI is InChI=1S/C24H17NO3/c1-13(2)25-21-15-10-6-7-11-16(15)23(27)20(21)19-18(26)12-17(24(28)22(19)25)14-8-4-3-5-9-14/h3-13H,1-2H3. The van der Waals surface area contributed by atoms with Gasteiger partial charge in [0.1, 0.15) is 5.52 Å². The first kappa shape index (κ1) is 16.6. The van der Waals surface area contributed by atoms with Crippen molar-refractivity contribution in [1.29, 1.82) is 0 Å². The van der Waals surface area contributed by atoms with Gasteiger partial charge in [-0.15, -0.1) is 0 Å². The third kappa shape index (κ3) is 2.03. The Morgan fingerprint density at radius 3 is 2.04 bits per heavy atom. The van der Waals surface area contributed by atoms with Gasteiger partial charge in [0.05, 0.1) is 16.3 Å². The van der Waals surface area contributed by atoms with Crippen molar-refractivity contribution in [2.24, 2.45) is 0 Å². The lowest BCUT2D eigenvalue weighted by atomic mass is 10.0. The Morgan fingerprint density at radius 1 is 0.714 bits per heavy atom. The summed E-state index contributed by atoms with van der Waals surface area (Å²) in [4.78, 5) is 39.7. The van der Waals surface area contributed by atoms with Gasteiger partial charge in [0.2, 0.25) is 5.43 Å². The van der Waals surface area contributed by atoms with E-state index in [1.54, 1.807) is 6.07 Å². The van der Waals surface area contributed by atoms with Gasteiger partial charge < -0.3 is 4.57 Å². The van der Waals surface area contributed by atoms with E-state index in [-0.39, 0.29) is 27.7 Å². The summed E-state index contributed by atoms with van der Waals surface area (Å²) in [6, 6.07) is 17.8. The summed E-state index contributed by atoms with van der Waals surface area (Å²) in [6.07, 6.45) is 0. The van der Waals surface area contributed by atoms with Gasteiger partial charge in [-0.3, -0.25) is 14.4 Å². The average Bonchev–Trinajstić information content (AvgIpc) is 3.20. The van der Waals surface area contributed by atoms with Crippen molar-refractivity contribution in [3.63, 3.8) is 0 Å². The Labute approximate surface area is 160 Å².